The highest BCUT2D eigenvalue weighted by Gasteiger charge is 2.09. The molecule has 0 fully saturated rings. The molecule has 1 unspecified atom stereocenters. The highest BCUT2D eigenvalue weighted by Crippen LogP contribution is 2.27. The second kappa shape index (κ2) is 3.80. The molecule has 3 heteroatoms. The van der Waals surface area contributed by atoms with Crippen molar-refractivity contribution in [2.75, 3.05) is 0 Å². The third-order valence-electron chi connectivity index (χ3n) is 2.44. The number of nitrogens with two attached hydrogens (primary N) is 1. The Labute approximate surface area is 94.1 Å². The van der Waals surface area contributed by atoms with Crippen molar-refractivity contribution in [2.45, 2.75) is 19.9 Å². The van der Waals surface area contributed by atoms with Crippen molar-refractivity contribution < 1.29 is 0 Å². The van der Waals surface area contributed by atoms with Gasteiger partial charge in [-0.15, -0.1) is 0 Å². The fourth-order valence-corrected chi connectivity index (χ4v) is 2.03. The monoisotopic (exact) mass is 220 g/mol. The molecule has 0 bridgehead atoms. The van der Waals surface area contributed by atoms with Gasteiger partial charge in [0, 0.05) is 17.1 Å². The summed E-state index contributed by atoms with van der Waals surface area (Å²) in [7, 11) is 0. The zero-order valence-corrected chi connectivity index (χ0v) is 9.55. The van der Waals surface area contributed by atoms with E-state index in [1.165, 1.54) is 0 Å². The topological polar surface area (TPSA) is 38.9 Å². The Bertz CT molecular complexity index is 506. The number of hydrogen-bond acceptors (Lipinski definition) is 2. The highest BCUT2D eigenvalue weighted by atomic mass is 35.5. The number of nitrogens with zero attached hydrogens (tertiary/aromatic N) is 1. The lowest BCUT2D eigenvalue weighted by molar-refractivity contribution is 0.823. The molecule has 0 radical (unpaired) electrons. The van der Waals surface area contributed by atoms with Gasteiger partial charge >= 0.3 is 0 Å². The largest absolute Gasteiger partial charge is 0.324 e. The van der Waals surface area contributed by atoms with Gasteiger partial charge < -0.3 is 5.73 Å². The van der Waals surface area contributed by atoms with Crippen LogP contribution >= 0.6 is 11.6 Å². The summed E-state index contributed by atoms with van der Waals surface area (Å²) in [5.41, 5.74) is 8.77. The molecule has 2 nitrogen and oxygen atoms in total. The average Bonchev–Trinajstić information content (AvgIpc) is 2.16. The van der Waals surface area contributed by atoms with Crippen molar-refractivity contribution in [3.05, 3.63) is 40.5 Å². The lowest BCUT2D eigenvalue weighted by Gasteiger charge is -2.10. The number of aromatic nitrogens is 1. The van der Waals surface area contributed by atoms with Gasteiger partial charge in [-0.3, -0.25) is 4.98 Å². The van der Waals surface area contributed by atoms with Crippen LogP contribution in [-0.4, -0.2) is 4.98 Å². The third-order valence-corrected chi connectivity index (χ3v) is 2.75. The number of rotatable bonds is 1. The Morgan fingerprint density at radius 3 is 2.80 bits per heavy atom. The maximum atomic E-state index is 6.16. The van der Waals surface area contributed by atoms with E-state index in [1.54, 1.807) is 0 Å². The molecule has 2 N–H and O–H groups in total. The number of fused-ring (bicyclic) bond motifs is 1. The fraction of sp³-hybridized carbons (Fsp3) is 0.250. The van der Waals surface area contributed by atoms with E-state index >= 15 is 0 Å². The number of hydrogen-bond donors (Lipinski definition) is 1. The lowest BCUT2D eigenvalue weighted by Crippen LogP contribution is -2.06. The van der Waals surface area contributed by atoms with Crippen molar-refractivity contribution in [3.8, 4) is 0 Å². The van der Waals surface area contributed by atoms with Gasteiger partial charge in [-0.2, -0.15) is 0 Å². The van der Waals surface area contributed by atoms with E-state index in [4.69, 9.17) is 17.3 Å². The van der Waals surface area contributed by atoms with E-state index in [-0.39, 0.29) is 6.04 Å². The Morgan fingerprint density at radius 2 is 2.13 bits per heavy atom. The van der Waals surface area contributed by atoms with Crippen LogP contribution in [0.4, 0.5) is 0 Å². The van der Waals surface area contributed by atoms with Crippen molar-refractivity contribution in [1.82, 2.24) is 4.98 Å². The summed E-state index contributed by atoms with van der Waals surface area (Å²) in [4.78, 5) is 4.49. The number of benzene rings is 1. The second-order valence-corrected chi connectivity index (χ2v) is 4.18. The predicted molar refractivity (Wildman–Crippen MR) is 64.1 cm³/mol. The van der Waals surface area contributed by atoms with E-state index in [0.717, 1.165) is 27.2 Å². The number of para-hydroxylation sites is 1. The smallest absolute Gasteiger partial charge is 0.0767 e. The molecule has 0 spiro atoms. The van der Waals surface area contributed by atoms with Gasteiger partial charge in [0.15, 0.2) is 0 Å². The van der Waals surface area contributed by atoms with Crippen LogP contribution in [0.5, 0.6) is 0 Å². The first-order chi connectivity index (χ1) is 7.09. The molecule has 1 atom stereocenters. The van der Waals surface area contributed by atoms with Gasteiger partial charge in [-0.1, -0.05) is 29.8 Å². The molecular weight excluding hydrogens is 208 g/mol. The minimum absolute atomic E-state index is 0.0286. The van der Waals surface area contributed by atoms with Crippen molar-refractivity contribution in [3.63, 3.8) is 0 Å². The molecule has 0 aliphatic carbocycles. The van der Waals surface area contributed by atoms with Crippen LogP contribution in [0.3, 0.4) is 0 Å². The standard InChI is InChI=1S/C12H13ClN2/c1-7-6-11(13)10-5-3-4-9(8(2)14)12(10)15-7/h3-6,8H,14H2,1-2H3. The zero-order chi connectivity index (χ0) is 11.0. The van der Waals surface area contributed by atoms with Gasteiger partial charge in [0.05, 0.1) is 10.5 Å². The minimum Gasteiger partial charge on any atom is -0.324 e. The molecule has 2 rings (SSSR count). The summed E-state index contributed by atoms with van der Waals surface area (Å²) in [6.07, 6.45) is 0. The maximum Gasteiger partial charge on any atom is 0.0767 e. The van der Waals surface area contributed by atoms with Crippen LogP contribution in [0, 0.1) is 6.92 Å². The van der Waals surface area contributed by atoms with Crippen LogP contribution in [0.1, 0.15) is 24.2 Å². The Hall–Kier alpha value is -1.12. The Balaban J connectivity index is 2.85. The lowest BCUT2D eigenvalue weighted by atomic mass is 10.0. The summed E-state index contributed by atoms with van der Waals surface area (Å²) in [6, 6.07) is 7.77. The minimum atomic E-state index is -0.0286. The van der Waals surface area contributed by atoms with Gasteiger partial charge in [0.1, 0.15) is 0 Å². The van der Waals surface area contributed by atoms with E-state index in [2.05, 4.69) is 4.98 Å². The van der Waals surface area contributed by atoms with Crippen LogP contribution in [0.15, 0.2) is 24.3 Å². The molecule has 0 saturated carbocycles. The molecule has 0 aliphatic rings. The predicted octanol–water partition coefficient (Wildman–Crippen LogP) is 3.22. The van der Waals surface area contributed by atoms with E-state index in [0.29, 0.717) is 0 Å². The molecule has 1 aromatic heterocycles. The third kappa shape index (κ3) is 1.83. The quantitative estimate of drug-likeness (QED) is 0.802. The van der Waals surface area contributed by atoms with Crippen molar-refractivity contribution in [2.24, 2.45) is 5.73 Å². The molecule has 15 heavy (non-hydrogen) atoms. The van der Waals surface area contributed by atoms with Gasteiger partial charge in [-0.05, 0) is 25.5 Å². The van der Waals surface area contributed by atoms with Crippen LogP contribution in [0.25, 0.3) is 10.9 Å². The maximum absolute atomic E-state index is 6.16. The van der Waals surface area contributed by atoms with Crippen LogP contribution in [0.2, 0.25) is 5.02 Å². The fourth-order valence-electron chi connectivity index (χ4n) is 1.72. The first kappa shape index (κ1) is 10.4. The molecule has 0 amide bonds. The number of halogens is 1. The zero-order valence-electron chi connectivity index (χ0n) is 8.79. The molecule has 1 heterocycles. The summed E-state index contributed by atoms with van der Waals surface area (Å²) in [5.74, 6) is 0. The van der Waals surface area contributed by atoms with Gasteiger partial charge in [0.2, 0.25) is 0 Å². The summed E-state index contributed by atoms with van der Waals surface area (Å²) in [6.45, 7) is 3.88. The molecular formula is C12H13ClN2. The molecule has 0 aliphatic heterocycles. The first-order valence-corrected chi connectivity index (χ1v) is 5.28. The molecule has 78 valence electrons. The Kier molecular flexibility index (Phi) is 2.63. The average molecular weight is 221 g/mol. The Morgan fingerprint density at radius 1 is 1.40 bits per heavy atom. The van der Waals surface area contributed by atoms with E-state index in [9.17, 15) is 0 Å². The number of aryl methyl sites for hydroxylation is 1. The van der Waals surface area contributed by atoms with Crippen molar-refractivity contribution >= 4 is 22.5 Å². The summed E-state index contributed by atoms with van der Waals surface area (Å²) >= 11 is 6.16. The molecule has 1 aromatic carbocycles. The van der Waals surface area contributed by atoms with Crippen LogP contribution in [-0.2, 0) is 0 Å². The molecule has 0 saturated heterocycles. The van der Waals surface area contributed by atoms with E-state index < -0.39 is 0 Å². The SMILES string of the molecule is Cc1cc(Cl)c2cccc(C(C)N)c2n1. The van der Waals surface area contributed by atoms with Gasteiger partial charge in [0.25, 0.3) is 0 Å². The second-order valence-electron chi connectivity index (χ2n) is 3.78. The van der Waals surface area contributed by atoms with E-state index in [1.807, 2.05) is 38.1 Å². The highest BCUT2D eigenvalue weighted by molar-refractivity contribution is 6.35. The summed E-state index contributed by atoms with van der Waals surface area (Å²) < 4.78 is 0. The number of pyridine rings is 1. The normalized spacial score (nSPS) is 13.1. The first-order valence-electron chi connectivity index (χ1n) is 4.91. The van der Waals surface area contributed by atoms with Gasteiger partial charge in [-0.25, -0.2) is 0 Å². The molecule has 2 aromatic rings. The van der Waals surface area contributed by atoms with Crippen molar-refractivity contribution in [1.29, 1.82) is 0 Å². The van der Waals surface area contributed by atoms with Crippen LogP contribution < -0.4 is 5.73 Å². The summed E-state index contributed by atoms with van der Waals surface area (Å²) in [5, 5.41) is 1.71.